The fourth-order valence-corrected chi connectivity index (χ4v) is 4.88. The third-order valence-electron chi connectivity index (χ3n) is 4.61. The molecule has 3 aromatic rings. The van der Waals surface area contributed by atoms with E-state index in [0.717, 1.165) is 52.1 Å². The molecule has 4 rings (SSSR count). The number of para-hydroxylation sites is 1. The lowest BCUT2D eigenvalue weighted by atomic mass is 10.1. The van der Waals surface area contributed by atoms with E-state index in [2.05, 4.69) is 32.5 Å². The molecule has 0 radical (unpaired) electrons. The first-order valence-corrected chi connectivity index (χ1v) is 11.2. The Kier molecular flexibility index (Phi) is 6.43. The number of hydrazone groups is 1. The molecule has 1 N–H and O–H groups in total. The molecule has 1 aliphatic rings. The van der Waals surface area contributed by atoms with Gasteiger partial charge in [0.25, 0.3) is 5.91 Å². The van der Waals surface area contributed by atoms with Crippen LogP contribution in [-0.2, 0) is 9.53 Å². The third kappa shape index (κ3) is 5.14. The summed E-state index contributed by atoms with van der Waals surface area (Å²) in [5, 5.41) is 4.24. The molecule has 0 aliphatic carbocycles. The average molecular weight is 427 g/mol. The van der Waals surface area contributed by atoms with Gasteiger partial charge in [0, 0.05) is 18.8 Å². The minimum Gasteiger partial charge on any atom is -0.378 e. The molecule has 1 saturated heterocycles. The Morgan fingerprint density at radius 3 is 2.72 bits per heavy atom. The molecule has 6 nitrogen and oxygen atoms in total. The number of morpholine rings is 1. The number of aromatic nitrogens is 1. The highest BCUT2D eigenvalue weighted by Gasteiger charge is 2.11. The SMILES string of the molecule is C/C(=N\NC(=O)CSc1nc2ccccc2s1)c1ccc(N2CCOCC2)cc1. The third-order valence-corrected chi connectivity index (χ3v) is 6.79. The highest BCUT2D eigenvalue weighted by Crippen LogP contribution is 2.29. The van der Waals surface area contributed by atoms with Crippen LogP contribution in [0.3, 0.4) is 0 Å². The minimum atomic E-state index is -0.140. The number of hydrogen-bond acceptors (Lipinski definition) is 7. The Morgan fingerprint density at radius 2 is 1.97 bits per heavy atom. The molecular weight excluding hydrogens is 404 g/mol. The Hall–Kier alpha value is -2.42. The summed E-state index contributed by atoms with van der Waals surface area (Å²) in [4.78, 5) is 19.0. The van der Waals surface area contributed by atoms with Crippen LogP contribution in [0.1, 0.15) is 12.5 Å². The number of anilines is 1. The van der Waals surface area contributed by atoms with Crippen LogP contribution in [0, 0.1) is 0 Å². The Bertz CT molecular complexity index is 978. The van der Waals surface area contributed by atoms with Gasteiger partial charge in [0.05, 0.1) is 34.9 Å². The topological polar surface area (TPSA) is 66.8 Å². The number of carbonyl (C=O) groups excluding carboxylic acids is 1. The van der Waals surface area contributed by atoms with Gasteiger partial charge in [-0.15, -0.1) is 11.3 Å². The largest absolute Gasteiger partial charge is 0.378 e. The second-order valence-electron chi connectivity index (χ2n) is 6.61. The first kappa shape index (κ1) is 19.9. The number of rotatable bonds is 6. The molecule has 1 aliphatic heterocycles. The maximum Gasteiger partial charge on any atom is 0.250 e. The highest BCUT2D eigenvalue weighted by molar-refractivity contribution is 8.01. The lowest BCUT2D eigenvalue weighted by Crippen LogP contribution is -2.36. The van der Waals surface area contributed by atoms with E-state index in [0.29, 0.717) is 0 Å². The first-order chi connectivity index (χ1) is 14.2. The number of carbonyl (C=O) groups is 1. The molecule has 1 aromatic heterocycles. The predicted octanol–water partition coefficient (Wildman–Crippen LogP) is 3.77. The van der Waals surface area contributed by atoms with Crippen molar-refractivity contribution in [1.82, 2.24) is 10.4 Å². The van der Waals surface area contributed by atoms with Crippen LogP contribution in [0.5, 0.6) is 0 Å². The van der Waals surface area contributed by atoms with Crippen molar-refractivity contribution in [2.75, 3.05) is 37.0 Å². The summed E-state index contributed by atoms with van der Waals surface area (Å²) in [5.41, 5.74) is 6.55. The van der Waals surface area contributed by atoms with E-state index >= 15 is 0 Å². The number of nitrogens with one attached hydrogen (secondary N) is 1. The van der Waals surface area contributed by atoms with E-state index in [4.69, 9.17) is 4.74 Å². The molecular formula is C21H22N4O2S2. The number of hydrogen-bond donors (Lipinski definition) is 1. The maximum atomic E-state index is 12.1. The van der Waals surface area contributed by atoms with Crippen molar-refractivity contribution in [1.29, 1.82) is 0 Å². The van der Waals surface area contributed by atoms with E-state index < -0.39 is 0 Å². The van der Waals surface area contributed by atoms with Crippen LogP contribution in [0.4, 0.5) is 5.69 Å². The van der Waals surface area contributed by atoms with Gasteiger partial charge >= 0.3 is 0 Å². The summed E-state index contributed by atoms with van der Waals surface area (Å²) < 4.78 is 7.41. The molecule has 0 saturated carbocycles. The number of fused-ring (bicyclic) bond motifs is 1. The predicted molar refractivity (Wildman–Crippen MR) is 120 cm³/mol. The normalized spacial score (nSPS) is 14.9. The van der Waals surface area contributed by atoms with Crippen LogP contribution in [0.15, 0.2) is 58.0 Å². The molecule has 1 fully saturated rings. The van der Waals surface area contributed by atoms with Crippen LogP contribution < -0.4 is 10.3 Å². The zero-order chi connectivity index (χ0) is 20.1. The Balaban J connectivity index is 1.30. The smallest absolute Gasteiger partial charge is 0.250 e. The van der Waals surface area contributed by atoms with E-state index in [-0.39, 0.29) is 11.7 Å². The van der Waals surface area contributed by atoms with E-state index in [1.165, 1.54) is 17.4 Å². The van der Waals surface area contributed by atoms with Crippen molar-refractivity contribution in [2.24, 2.45) is 5.10 Å². The average Bonchev–Trinajstić information content (AvgIpc) is 3.20. The molecule has 0 spiro atoms. The van der Waals surface area contributed by atoms with Crippen molar-refractivity contribution in [3.8, 4) is 0 Å². The van der Waals surface area contributed by atoms with Gasteiger partial charge in [-0.25, -0.2) is 10.4 Å². The second-order valence-corrected chi connectivity index (χ2v) is 8.87. The second kappa shape index (κ2) is 9.39. The van der Waals surface area contributed by atoms with Crippen molar-refractivity contribution in [2.45, 2.75) is 11.3 Å². The van der Waals surface area contributed by atoms with Gasteiger partial charge in [-0.3, -0.25) is 4.79 Å². The van der Waals surface area contributed by atoms with Gasteiger partial charge < -0.3 is 9.64 Å². The summed E-state index contributed by atoms with van der Waals surface area (Å²) in [6, 6.07) is 16.2. The van der Waals surface area contributed by atoms with Crippen LogP contribution in [0.2, 0.25) is 0 Å². The summed E-state index contributed by atoms with van der Waals surface area (Å²) in [7, 11) is 0. The summed E-state index contributed by atoms with van der Waals surface area (Å²) >= 11 is 3.03. The molecule has 150 valence electrons. The number of thiazole rings is 1. The molecule has 2 heterocycles. The minimum absolute atomic E-state index is 0.140. The number of thioether (sulfide) groups is 1. The lowest BCUT2D eigenvalue weighted by Gasteiger charge is -2.28. The quantitative estimate of drug-likeness (QED) is 0.369. The molecule has 8 heteroatoms. The molecule has 2 aromatic carbocycles. The van der Waals surface area contributed by atoms with Gasteiger partial charge in [0.15, 0.2) is 4.34 Å². The van der Waals surface area contributed by atoms with Crippen molar-refractivity contribution in [3.63, 3.8) is 0 Å². The Morgan fingerprint density at radius 1 is 1.21 bits per heavy atom. The fraction of sp³-hybridized carbons (Fsp3) is 0.286. The summed E-state index contributed by atoms with van der Waals surface area (Å²) in [5.74, 6) is 0.144. The van der Waals surface area contributed by atoms with Crippen LogP contribution >= 0.6 is 23.1 Å². The molecule has 0 atom stereocenters. The van der Waals surface area contributed by atoms with Crippen molar-refractivity contribution in [3.05, 3.63) is 54.1 Å². The zero-order valence-electron chi connectivity index (χ0n) is 16.1. The summed E-state index contributed by atoms with van der Waals surface area (Å²) in [6.07, 6.45) is 0. The van der Waals surface area contributed by atoms with Crippen molar-refractivity contribution >= 4 is 50.6 Å². The molecule has 1 amide bonds. The van der Waals surface area contributed by atoms with Gasteiger partial charge in [0.1, 0.15) is 0 Å². The highest BCUT2D eigenvalue weighted by atomic mass is 32.2. The van der Waals surface area contributed by atoms with Crippen LogP contribution in [0.25, 0.3) is 10.2 Å². The van der Waals surface area contributed by atoms with Gasteiger partial charge in [-0.1, -0.05) is 36.0 Å². The van der Waals surface area contributed by atoms with E-state index in [1.807, 2.05) is 43.3 Å². The maximum absolute atomic E-state index is 12.1. The zero-order valence-corrected chi connectivity index (χ0v) is 17.8. The number of nitrogens with zero attached hydrogens (tertiary/aromatic N) is 3. The number of amides is 1. The van der Waals surface area contributed by atoms with E-state index in [9.17, 15) is 4.79 Å². The molecule has 29 heavy (non-hydrogen) atoms. The van der Waals surface area contributed by atoms with Gasteiger partial charge in [0.2, 0.25) is 0 Å². The van der Waals surface area contributed by atoms with Gasteiger partial charge in [-0.05, 0) is 36.8 Å². The van der Waals surface area contributed by atoms with E-state index in [1.54, 1.807) is 11.3 Å². The Labute approximate surface area is 178 Å². The fourth-order valence-electron chi connectivity index (χ4n) is 3.02. The number of ether oxygens (including phenoxy) is 1. The summed E-state index contributed by atoms with van der Waals surface area (Å²) in [6.45, 7) is 5.25. The molecule has 0 unspecified atom stereocenters. The van der Waals surface area contributed by atoms with Crippen LogP contribution in [-0.4, -0.2) is 48.7 Å². The monoisotopic (exact) mass is 426 g/mol. The lowest BCUT2D eigenvalue weighted by molar-refractivity contribution is -0.118. The molecule has 0 bridgehead atoms. The number of benzene rings is 2. The van der Waals surface area contributed by atoms with Gasteiger partial charge in [-0.2, -0.15) is 5.10 Å². The first-order valence-electron chi connectivity index (χ1n) is 9.44. The standard InChI is InChI=1S/C21H22N4O2S2/c1-15(16-6-8-17(9-7-16)25-10-12-27-13-11-25)23-24-20(26)14-28-21-22-18-4-2-3-5-19(18)29-21/h2-9H,10-14H2,1H3,(H,24,26)/b23-15+. The van der Waals surface area contributed by atoms with Crippen molar-refractivity contribution < 1.29 is 9.53 Å².